The van der Waals surface area contributed by atoms with E-state index in [1.807, 2.05) is 18.2 Å². The highest BCUT2D eigenvalue weighted by atomic mass is 16.1. The lowest BCUT2D eigenvalue weighted by Gasteiger charge is -2.15. The molecule has 0 bridgehead atoms. The van der Waals surface area contributed by atoms with Gasteiger partial charge in [-0.25, -0.2) is 0 Å². The molecular formula is C18H20N2O. The fraction of sp³-hybridized carbons (Fsp3) is 0.278. The highest BCUT2D eigenvalue weighted by molar-refractivity contribution is 5.92. The first-order valence-corrected chi connectivity index (χ1v) is 7.35. The Kier molecular flexibility index (Phi) is 3.76. The fourth-order valence-electron chi connectivity index (χ4n) is 3.01. The summed E-state index contributed by atoms with van der Waals surface area (Å²) in [6.45, 7) is 2.88. The summed E-state index contributed by atoms with van der Waals surface area (Å²) in [5.74, 6) is -0.376. The van der Waals surface area contributed by atoms with E-state index in [1.165, 1.54) is 16.7 Å². The molecule has 2 aromatic rings. The van der Waals surface area contributed by atoms with Crippen molar-refractivity contribution < 1.29 is 4.79 Å². The molecule has 2 aromatic carbocycles. The highest BCUT2D eigenvalue weighted by Gasteiger charge is 2.21. The Hall–Kier alpha value is -2.13. The van der Waals surface area contributed by atoms with E-state index in [-0.39, 0.29) is 5.91 Å². The van der Waals surface area contributed by atoms with Gasteiger partial charge in [-0.1, -0.05) is 35.9 Å². The van der Waals surface area contributed by atoms with Crippen molar-refractivity contribution in [3.8, 4) is 0 Å². The van der Waals surface area contributed by atoms with Crippen molar-refractivity contribution in [3.63, 3.8) is 0 Å². The molecule has 1 aliphatic carbocycles. The highest BCUT2D eigenvalue weighted by Crippen LogP contribution is 2.31. The van der Waals surface area contributed by atoms with Crippen LogP contribution in [0.4, 0.5) is 0 Å². The average molecular weight is 280 g/mol. The number of benzene rings is 2. The van der Waals surface area contributed by atoms with E-state index in [4.69, 9.17) is 5.73 Å². The Morgan fingerprint density at radius 3 is 2.95 bits per heavy atom. The van der Waals surface area contributed by atoms with Gasteiger partial charge in [-0.2, -0.15) is 0 Å². The van der Waals surface area contributed by atoms with Gasteiger partial charge in [0.05, 0.1) is 0 Å². The maximum atomic E-state index is 11.2. The predicted octanol–water partition coefficient (Wildman–Crippen LogP) is 2.87. The molecule has 1 atom stereocenters. The van der Waals surface area contributed by atoms with Crippen LogP contribution in [0.1, 0.15) is 45.1 Å². The second-order valence-electron chi connectivity index (χ2n) is 5.74. The monoisotopic (exact) mass is 280 g/mol. The minimum Gasteiger partial charge on any atom is -0.366 e. The van der Waals surface area contributed by atoms with Crippen molar-refractivity contribution in [2.75, 3.05) is 0 Å². The molecule has 0 aliphatic heterocycles. The lowest BCUT2D eigenvalue weighted by Crippen LogP contribution is -2.19. The smallest absolute Gasteiger partial charge is 0.248 e. The lowest BCUT2D eigenvalue weighted by molar-refractivity contribution is 0.1000. The second kappa shape index (κ2) is 5.70. The van der Waals surface area contributed by atoms with Crippen molar-refractivity contribution >= 4 is 5.91 Å². The maximum Gasteiger partial charge on any atom is 0.248 e. The summed E-state index contributed by atoms with van der Waals surface area (Å²) in [6.07, 6.45) is 2.27. The van der Waals surface area contributed by atoms with Crippen LogP contribution in [0.2, 0.25) is 0 Å². The molecule has 0 radical (unpaired) electrons. The van der Waals surface area contributed by atoms with Gasteiger partial charge in [-0.15, -0.1) is 0 Å². The van der Waals surface area contributed by atoms with Crippen LogP contribution in [0.3, 0.4) is 0 Å². The molecule has 1 amide bonds. The number of amides is 1. The average Bonchev–Trinajstić information content (AvgIpc) is 2.87. The molecule has 3 N–H and O–H groups in total. The Balaban J connectivity index is 1.71. The summed E-state index contributed by atoms with van der Waals surface area (Å²) < 4.78 is 0. The summed E-state index contributed by atoms with van der Waals surface area (Å²) in [7, 11) is 0. The largest absolute Gasteiger partial charge is 0.366 e. The number of nitrogens with two attached hydrogens (primary N) is 1. The van der Waals surface area contributed by atoms with E-state index in [1.54, 1.807) is 6.07 Å². The Bertz CT molecular complexity index is 679. The van der Waals surface area contributed by atoms with E-state index in [9.17, 15) is 4.79 Å². The van der Waals surface area contributed by atoms with E-state index >= 15 is 0 Å². The van der Waals surface area contributed by atoms with Crippen molar-refractivity contribution in [2.45, 2.75) is 32.4 Å². The van der Waals surface area contributed by atoms with Gasteiger partial charge in [0.25, 0.3) is 0 Å². The first-order valence-electron chi connectivity index (χ1n) is 7.35. The molecule has 0 spiro atoms. The zero-order chi connectivity index (χ0) is 14.8. The van der Waals surface area contributed by atoms with Gasteiger partial charge in [0.15, 0.2) is 0 Å². The van der Waals surface area contributed by atoms with Crippen molar-refractivity contribution in [1.29, 1.82) is 0 Å². The lowest BCUT2D eigenvalue weighted by atomic mass is 10.0. The number of hydrogen-bond acceptors (Lipinski definition) is 2. The van der Waals surface area contributed by atoms with Gasteiger partial charge >= 0.3 is 0 Å². The van der Waals surface area contributed by atoms with E-state index in [0.29, 0.717) is 11.6 Å². The summed E-state index contributed by atoms with van der Waals surface area (Å²) in [5, 5.41) is 3.60. The molecule has 0 saturated carbocycles. The first kappa shape index (κ1) is 13.8. The molecule has 0 fully saturated rings. The van der Waals surface area contributed by atoms with Crippen LogP contribution in [0.15, 0.2) is 42.5 Å². The van der Waals surface area contributed by atoms with Gasteiger partial charge < -0.3 is 11.1 Å². The van der Waals surface area contributed by atoms with E-state index < -0.39 is 0 Å². The zero-order valence-electron chi connectivity index (χ0n) is 12.2. The molecule has 0 saturated heterocycles. The van der Waals surface area contributed by atoms with Crippen LogP contribution in [0.25, 0.3) is 0 Å². The minimum absolute atomic E-state index is 0.376. The Morgan fingerprint density at radius 2 is 2.14 bits per heavy atom. The van der Waals surface area contributed by atoms with Crippen LogP contribution in [0.5, 0.6) is 0 Å². The molecule has 3 rings (SSSR count). The third kappa shape index (κ3) is 2.98. The summed E-state index contributed by atoms with van der Waals surface area (Å²) in [4.78, 5) is 11.2. The van der Waals surface area contributed by atoms with Crippen LogP contribution >= 0.6 is 0 Å². The third-order valence-electron chi connectivity index (χ3n) is 4.14. The first-order chi connectivity index (χ1) is 10.1. The van der Waals surface area contributed by atoms with Gasteiger partial charge in [-0.05, 0) is 48.6 Å². The molecule has 3 nitrogen and oxygen atoms in total. The predicted molar refractivity (Wildman–Crippen MR) is 84.0 cm³/mol. The molecular weight excluding hydrogens is 260 g/mol. The Morgan fingerprint density at radius 1 is 1.29 bits per heavy atom. The van der Waals surface area contributed by atoms with Crippen LogP contribution < -0.4 is 11.1 Å². The minimum atomic E-state index is -0.376. The van der Waals surface area contributed by atoms with Crippen molar-refractivity contribution in [2.24, 2.45) is 5.73 Å². The number of nitrogens with one attached hydrogen (secondary N) is 1. The summed E-state index contributed by atoms with van der Waals surface area (Å²) in [6, 6.07) is 14.6. The number of hydrogen-bond donors (Lipinski definition) is 2. The zero-order valence-corrected chi connectivity index (χ0v) is 12.2. The molecule has 0 heterocycles. The van der Waals surface area contributed by atoms with Crippen LogP contribution in [-0.4, -0.2) is 5.91 Å². The SMILES string of the molecule is Cc1ccc2c(c1)C(NCc1cccc(C(N)=O)c1)CC2. The molecule has 108 valence electrons. The molecule has 1 aliphatic rings. The quantitative estimate of drug-likeness (QED) is 0.904. The fourth-order valence-corrected chi connectivity index (χ4v) is 3.01. The van der Waals surface area contributed by atoms with Crippen LogP contribution in [0, 0.1) is 6.92 Å². The van der Waals surface area contributed by atoms with Crippen molar-refractivity contribution in [1.82, 2.24) is 5.32 Å². The van der Waals surface area contributed by atoms with Gasteiger partial charge in [0.1, 0.15) is 0 Å². The molecule has 0 aromatic heterocycles. The number of rotatable bonds is 4. The number of carbonyl (C=O) groups is 1. The van der Waals surface area contributed by atoms with Crippen LogP contribution in [-0.2, 0) is 13.0 Å². The number of carbonyl (C=O) groups excluding carboxylic acids is 1. The number of primary amides is 1. The summed E-state index contributed by atoms with van der Waals surface area (Å²) in [5.41, 5.74) is 11.1. The normalized spacial score (nSPS) is 16.7. The topological polar surface area (TPSA) is 55.1 Å². The van der Waals surface area contributed by atoms with E-state index in [2.05, 4.69) is 30.4 Å². The maximum absolute atomic E-state index is 11.2. The standard InChI is InChI=1S/C18H20N2O/c1-12-5-6-14-7-8-17(16(14)9-12)20-11-13-3-2-4-15(10-13)18(19)21/h2-6,9-10,17,20H,7-8,11H2,1H3,(H2,19,21). The van der Waals surface area contributed by atoms with Gasteiger partial charge in [0, 0.05) is 18.2 Å². The van der Waals surface area contributed by atoms with Gasteiger partial charge in [0.2, 0.25) is 5.91 Å². The number of aryl methyl sites for hydroxylation is 2. The molecule has 1 unspecified atom stereocenters. The molecule has 21 heavy (non-hydrogen) atoms. The second-order valence-corrected chi connectivity index (χ2v) is 5.74. The number of fused-ring (bicyclic) bond motifs is 1. The summed E-state index contributed by atoms with van der Waals surface area (Å²) >= 11 is 0. The van der Waals surface area contributed by atoms with Crippen molar-refractivity contribution in [3.05, 3.63) is 70.3 Å². The Labute approximate surface area is 125 Å². The molecule has 3 heteroatoms. The van der Waals surface area contributed by atoms with E-state index in [0.717, 1.165) is 24.9 Å². The third-order valence-corrected chi connectivity index (χ3v) is 4.14. The van der Waals surface area contributed by atoms with Gasteiger partial charge in [-0.3, -0.25) is 4.79 Å².